The van der Waals surface area contributed by atoms with Crippen molar-refractivity contribution in [1.82, 2.24) is 19.7 Å². The van der Waals surface area contributed by atoms with Gasteiger partial charge in [0.15, 0.2) is 5.82 Å². The molecule has 5 nitrogen and oxygen atoms in total. The number of aromatic nitrogens is 4. The lowest BCUT2D eigenvalue weighted by molar-refractivity contribution is 0.795. The monoisotopic (exact) mass is 273 g/mol. The van der Waals surface area contributed by atoms with Gasteiger partial charge in [-0.05, 0) is 39.2 Å². The Bertz CT molecular complexity index is 601. The molecule has 2 rings (SSSR count). The quantitative estimate of drug-likeness (QED) is 0.910. The maximum atomic E-state index is 4.61. The average Bonchev–Trinajstić information content (AvgIpc) is 2.70. The summed E-state index contributed by atoms with van der Waals surface area (Å²) < 4.78 is 1.92. The van der Waals surface area contributed by atoms with E-state index in [-0.39, 0.29) is 0 Å². The van der Waals surface area contributed by atoms with E-state index >= 15 is 0 Å². The molecule has 0 bridgehead atoms. The normalized spacial score (nSPS) is 10.8. The smallest absolute Gasteiger partial charge is 0.224 e. The zero-order chi connectivity index (χ0) is 14.7. The van der Waals surface area contributed by atoms with Gasteiger partial charge in [-0.15, -0.1) is 0 Å². The van der Waals surface area contributed by atoms with Gasteiger partial charge in [-0.3, -0.25) is 0 Å². The molecule has 0 aromatic carbocycles. The van der Waals surface area contributed by atoms with Gasteiger partial charge >= 0.3 is 0 Å². The molecule has 0 aliphatic heterocycles. The minimum absolute atomic E-state index is 0.674. The zero-order valence-corrected chi connectivity index (χ0v) is 13.0. The van der Waals surface area contributed by atoms with E-state index in [1.165, 1.54) is 5.56 Å². The maximum absolute atomic E-state index is 4.61. The van der Waals surface area contributed by atoms with Crippen LogP contribution in [0.3, 0.4) is 0 Å². The van der Waals surface area contributed by atoms with Gasteiger partial charge in [-0.2, -0.15) is 10.1 Å². The Morgan fingerprint density at radius 1 is 1.15 bits per heavy atom. The summed E-state index contributed by atoms with van der Waals surface area (Å²) in [5, 5.41) is 7.85. The minimum Gasteiger partial charge on any atom is -0.354 e. The summed E-state index contributed by atoms with van der Waals surface area (Å²) in [6.45, 7) is 11.3. The van der Waals surface area contributed by atoms with Crippen LogP contribution in [0.1, 0.15) is 42.9 Å². The first-order valence-electron chi connectivity index (χ1n) is 7.21. The lowest BCUT2D eigenvalue weighted by Crippen LogP contribution is -2.09. The second kappa shape index (κ2) is 6.03. The number of rotatable bonds is 5. The van der Waals surface area contributed by atoms with E-state index in [9.17, 15) is 0 Å². The van der Waals surface area contributed by atoms with Crippen molar-refractivity contribution in [3.8, 4) is 5.82 Å². The van der Waals surface area contributed by atoms with Crippen molar-refractivity contribution in [3.63, 3.8) is 0 Å². The van der Waals surface area contributed by atoms with Crippen LogP contribution in [0.15, 0.2) is 6.07 Å². The lowest BCUT2D eigenvalue weighted by Gasteiger charge is -2.09. The van der Waals surface area contributed by atoms with Gasteiger partial charge in [0.2, 0.25) is 5.95 Å². The minimum atomic E-state index is 0.674. The molecule has 0 spiro atoms. The molecule has 0 aliphatic carbocycles. The number of anilines is 1. The molecule has 1 N–H and O–H groups in total. The van der Waals surface area contributed by atoms with Crippen LogP contribution in [0, 0.1) is 20.8 Å². The second-order valence-corrected chi connectivity index (χ2v) is 5.03. The van der Waals surface area contributed by atoms with Crippen molar-refractivity contribution >= 4 is 5.95 Å². The molecule has 0 fully saturated rings. The highest BCUT2D eigenvalue weighted by molar-refractivity contribution is 5.38. The third-order valence-electron chi connectivity index (χ3n) is 3.39. The number of nitrogens with zero attached hydrogens (tertiary/aromatic N) is 4. The van der Waals surface area contributed by atoms with Gasteiger partial charge in [-0.1, -0.05) is 13.8 Å². The van der Waals surface area contributed by atoms with Gasteiger partial charge in [0.25, 0.3) is 0 Å². The molecule has 108 valence electrons. The predicted molar refractivity (Wildman–Crippen MR) is 81.5 cm³/mol. The number of hydrogen-bond donors (Lipinski definition) is 1. The van der Waals surface area contributed by atoms with E-state index in [0.29, 0.717) is 5.95 Å². The molecule has 0 saturated heterocycles. The Hall–Kier alpha value is -1.91. The first kappa shape index (κ1) is 14.5. The number of aryl methyl sites for hydroxylation is 2. The standard InChI is InChI=1S/C15H23N5/c1-6-8-16-15-17-10(3)9-14(18-15)20-12(5)13(7-2)11(4)19-20/h9H,6-8H2,1-5H3,(H,16,17,18). The summed E-state index contributed by atoms with van der Waals surface area (Å²) in [5.74, 6) is 1.50. The van der Waals surface area contributed by atoms with Crippen molar-refractivity contribution in [1.29, 1.82) is 0 Å². The highest BCUT2D eigenvalue weighted by Crippen LogP contribution is 2.18. The molecule has 2 aromatic rings. The van der Waals surface area contributed by atoms with Gasteiger partial charge in [0.05, 0.1) is 5.69 Å². The topological polar surface area (TPSA) is 55.6 Å². The van der Waals surface area contributed by atoms with Crippen molar-refractivity contribution < 1.29 is 0 Å². The van der Waals surface area contributed by atoms with E-state index in [1.807, 2.05) is 24.6 Å². The Kier molecular flexibility index (Phi) is 4.37. The Morgan fingerprint density at radius 2 is 1.90 bits per heavy atom. The highest BCUT2D eigenvalue weighted by atomic mass is 15.3. The second-order valence-electron chi connectivity index (χ2n) is 5.03. The highest BCUT2D eigenvalue weighted by Gasteiger charge is 2.13. The molecular formula is C15H23N5. The first-order valence-corrected chi connectivity index (χ1v) is 7.21. The van der Waals surface area contributed by atoms with E-state index in [1.54, 1.807) is 0 Å². The van der Waals surface area contributed by atoms with Crippen LogP contribution in [0.4, 0.5) is 5.95 Å². The van der Waals surface area contributed by atoms with Crippen LogP contribution < -0.4 is 5.32 Å². The van der Waals surface area contributed by atoms with Crippen LogP contribution >= 0.6 is 0 Å². The molecule has 0 saturated carbocycles. The van der Waals surface area contributed by atoms with Gasteiger partial charge < -0.3 is 5.32 Å². The third-order valence-corrected chi connectivity index (χ3v) is 3.39. The number of nitrogens with one attached hydrogen (secondary N) is 1. The first-order chi connectivity index (χ1) is 9.56. The fourth-order valence-electron chi connectivity index (χ4n) is 2.39. The zero-order valence-electron chi connectivity index (χ0n) is 13.0. The van der Waals surface area contributed by atoms with Crippen LogP contribution in [0.2, 0.25) is 0 Å². The fraction of sp³-hybridized carbons (Fsp3) is 0.533. The summed E-state index contributed by atoms with van der Waals surface area (Å²) in [7, 11) is 0. The lowest BCUT2D eigenvalue weighted by atomic mass is 10.1. The molecule has 2 heterocycles. The van der Waals surface area contributed by atoms with Crippen molar-refractivity contribution in [2.45, 2.75) is 47.5 Å². The van der Waals surface area contributed by atoms with Gasteiger partial charge in [0.1, 0.15) is 0 Å². The molecule has 0 aliphatic rings. The molecule has 20 heavy (non-hydrogen) atoms. The maximum Gasteiger partial charge on any atom is 0.224 e. The van der Waals surface area contributed by atoms with E-state index in [2.05, 4.69) is 41.2 Å². The SMILES string of the molecule is CCCNc1nc(C)cc(-n2nc(C)c(CC)c2C)n1. The summed E-state index contributed by atoms with van der Waals surface area (Å²) in [6, 6.07) is 1.97. The van der Waals surface area contributed by atoms with Crippen LogP contribution in [0.25, 0.3) is 5.82 Å². The van der Waals surface area contributed by atoms with Crippen molar-refractivity contribution in [2.24, 2.45) is 0 Å². The molecule has 0 atom stereocenters. The Morgan fingerprint density at radius 3 is 2.50 bits per heavy atom. The molecule has 0 amide bonds. The number of hydrogen-bond acceptors (Lipinski definition) is 4. The van der Waals surface area contributed by atoms with Crippen LogP contribution in [-0.2, 0) is 6.42 Å². The van der Waals surface area contributed by atoms with Crippen LogP contribution in [-0.4, -0.2) is 26.3 Å². The Balaban J connectivity index is 2.44. The molecule has 0 unspecified atom stereocenters. The van der Waals surface area contributed by atoms with Crippen LogP contribution in [0.5, 0.6) is 0 Å². The van der Waals surface area contributed by atoms with Crippen molar-refractivity contribution in [2.75, 3.05) is 11.9 Å². The summed E-state index contributed by atoms with van der Waals surface area (Å²) >= 11 is 0. The average molecular weight is 273 g/mol. The van der Waals surface area contributed by atoms with E-state index in [0.717, 1.165) is 42.3 Å². The Labute approximate surface area is 120 Å². The van der Waals surface area contributed by atoms with E-state index in [4.69, 9.17) is 0 Å². The predicted octanol–water partition coefficient (Wildman–Crippen LogP) is 2.97. The molecule has 2 aromatic heterocycles. The molecule has 0 radical (unpaired) electrons. The molecule has 5 heteroatoms. The van der Waals surface area contributed by atoms with E-state index < -0.39 is 0 Å². The summed E-state index contributed by atoms with van der Waals surface area (Å²) in [5.41, 5.74) is 4.47. The summed E-state index contributed by atoms with van der Waals surface area (Å²) in [4.78, 5) is 8.98. The van der Waals surface area contributed by atoms with Gasteiger partial charge in [0, 0.05) is 24.0 Å². The van der Waals surface area contributed by atoms with Gasteiger partial charge in [-0.25, -0.2) is 9.67 Å². The third kappa shape index (κ3) is 2.81. The fourth-order valence-corrected chi connectivity index (χ4v) is 2.39. The van der Waals surface area contributed by atoms with Crippen molar-refractivity contribution in [3.05, 3.63) is 28.7 Å². The largest absolute Gasteiger partial charge is 0.354 e. The summed E-state index contributed by atoms with van der Waals surface area (Å²) in [6.07, 6.45) is 2.04. The molecular weight excluding hydrogens is 250 g/mol.